The average molecular weight is 412 g/mol. The average Bonchev–Trinajstić information content (AvgIpc) is 2.68. The van der Waals surface area contributed by atoms with E-state index in [9.17, 15) is 18.5 Å². The maximum atomic E-state index is 12.3. The van der Waals surface area contributed by atoms with Crippen LogP contribution < -0.4 is 4.72 Å². The molecule has 0 aliphatic rings. The molecule has 10 heteroatoms. The lowest BCUT2D eigenvalue weighted by Crippen LogP contribution is -2.13. The van der Waals surface area contributed by atoms with Gasteiger partial charge in [-0.1, -0.05) is 11.6 Å². The van der Waals surface area contributed by atoms with Crippen molar-refractivity contribution in [2.75, 3.05) is 4.72 Å². The molecule has 0 aliphatic heterocycles. The highest BCUT2D eigenvalue weighted by Crippen LogP contribution is 2.32. The number of halogens is 2. The van der Waals surface area contributed by atoms with Crippen LogP contribution in [0, 0.1) is 17.0 Å². The van der Waals surface area contributed by atoms with Gasteiger partial charge in [0, 0.05) is 10.9 Å². The minimum Gasteiger partial charge on any atom is -0.280 e. The van der Waals surface area contributed by atoms with Crippen molar-refractivity contribution in [3.63, 3.8) is 0 Å². The van der Waals surface area contributed by atoms with Crippen molar-refractivity contribution in [1.82, 2.24) is 0 Å². The van der Waals surface area contributed by atoms with Gasteiger partial charge in [-0.15, -0.1) is 11.3 Å². The molecule has 2 rings (SSSR count). The Hall–Kier alpha value is -1.16. The monoisotopic (exact) mass is 410 g/mol. The number of rotatable bonds is 4. The summed E-state index contributed by atoms with van der Waals surface area (Å²) in [6.07, 6.45) is 0. The number of hydrogen-bond donors (Lipinski definition) is 1. The van der Waals surface area contributed by atoms with E-state index < -0.39 is 14.9 Å². The minimum atomic E-state index is -3.77. The van der Waals surface area contributed by atoms with Gasteiger partial charge in [-0.05, 0) is 41.1 Å². The van der Waals surface area contributed by atoms with Gasteiger partial charge in [0.25, 0.3) is 15.7 Å². The third kappa shape index (κ3) is 3.54. The summed E-state index contributed by atoms with van der Waals surface area (Å²) in [5.74, 6) is 0. The summed E-state index contributed by atoms with van der Waals surface area (Å²) >= 11 is 10.3. The van der Waals surface area contributed by atoms with Gasteiger partial charge in [-0.25, -0.2) is 8.42 Å². The Morgan fingerprint density at radius 1 is 1.38 bits per heavy atom. The number of anilines is 1. The predicted molar refractivity (Wildman–Crippen MR) is 85.7 cm³/mol. The van der Waals surface area contributed by atoms with E-state index in [-0.39, 0.29) is 21.3 Å². The van der Waals surface area contributed by atoms with Gasteiger partial charge in [0.1, 0.15) is 9.92 Å². The first-order chi connectivity index (χ1) is 9.70. The summed E-state index contributed by atoms with van der Waals surface area (Å²) in [6.45, 7) is 1.69. The molecule has 0 unspecified atom stereocenters. The quantitative estimate of drug-likeness (QED) is 0.603. The predicted octanol–water partition coefficient (Wildman–Crippen LogP) is 4.18. The summed E-state index contributed by atoms with van der Waals surface area (Å²) in [5.41, 5.74) is -0.124. The largest absolute Gasteiger partial charge is 0.288 e. The molecule has 1 heterocycles. The molecule has 0 bridgehead atoms. The fourth-order valence-electron chi connectivity index (χ4n) is 1.63. The smallest absolute Gasteiger partial charge is 0.280 e. The zero-order valence-corrected chi connectivity index (χ0v) is 14.4. The molecule has 1 aromatic heterocycles. The molecule has 0 amide bonds. The Morgan fingerprint density at radius 2 is 2.05 bits per heavy atom. The highest BCUT2D eigenvalue weighted by atomic mass is 79.9. The topological polar surface area (TPSA) is 89.3 Å². The molecular weight excluding hydrogens is 404 g/mol. The summed E-state index contributed by atoms with van der Waals surface area (Å²) in [4.78, 5) is 10.8. The summed E-state index contributed by atoms with van der Waals surface area (Å²) in [5, 5.41) is 10.5. The number of nitrogens with zero attached hydrogens (tertiary/aromatic N) is 1. The number of hydrogen-bond acceptors (Lipinski definition) is 5. The fraction of sp³-hybridized carbons (Fsp3) is 0.0909. The molecule has 0 saturated carbocycles. The number of benzene rings is 1. The van der Waals surface area contributed by atoms with Crippen LogP contribution in [0.3, 0.4) is 0 Å². The first-order valence-electron chi connectivity index (χ1n) is 5.43. The number of nitrogens with one attached hydrogen (secondary N) is 1. The van der Waals surface area contributed by atoms with Crippen LogP contribution in [0.15, 0.2) is 32.9 Å². The Balaban J connectivity index is 2.35. The number of sulfonamides is 1. The first-order valence-corrected chi connectivity index (χ1v) is 8.90. The third-order valence-electron chi connectivity index (χ3n) is 2.53. The number of thiophene rings is 1. The normalized spacial score (nSPS) is 11.4. The first kappa shape index (κ1) is 16.2. The van der Waals surface area contributed by atoms with E-state index in [1.165, 1.54) is 29.5 Å². The van der Waals surface area contributed by atoms with E-state index in [1.54, 1.807) is 6.92 Å². The molecule has 0 atom stereocenters. The van der Waals surface area contributed by atoms with Gasteiger partial charge in [-0.2, -0.15) is 0 Å². The van der Waals surface area contributed by atoms with Gasteiger partial charge >= 0.3 is 0 Å². The SMILES string of the molecule is Cc1sc(Br)cc1S(=O)(=O)Nc1ccc([N+](=O)[O-])c(Cl)c1. The van der Waals surface area contributed by atoms with Crippen LogP contribution >= 0.6 is 38.9 Å². The van der Waals surface area contributed by atoms with E-state index in [1.807, 2.05) is 0 Å². The van der Waals surface area contributed by atoms with Crippen LogP contribution in [0.1, 0.15) is 4.88 Å². The maximum Gasteiger partial charge on any atom is 0.288 e. The van der Waals surface area contributed by atoms with Gasteiger partial charge in [-0.3, -0.25) is 14.8 Å². The highest BCUT2D eigenvalue weighted by molar-refractivity contribution is 9.11. The molecule has 1 aromatic carbocycles. The molecule has 6 nitrogen and oxygen atoms in total. The second-order valence-corrected chi connectivity index (χ2v) is 8.69. The molecular formula is C11H8BrClN2O4S2. The Labute approximate surface area is 138 Å². The van der Waals surface area contributed by atoms with Crippen molar-refractivity contribution < 1.29 is 13.3 Å². The van der Waals surface area contributed by atoms with E-state index in [4.69, 9.17) is 11.6 Å². The van der Waals surface area contributed by atoms with E-state index in [0.717, 1.165) is 6.07 Å². The maximum absolute atomic E-state index is 12.3. The van der Waals surface area contributed by atoms with Crippen LogP contribution in [0.4, 0.5) is 11.4 Å². The lowest BCUT2D eigenvalue weighted by Gasteiger charge is -2.08. The minimum absolute atomic E-state index is 0.136. The molecule has 0 fully saturated rings. The lowest BCUT2D eigenvalue weighted by molar-refractivity contribution is -0.384. The molecule has 0 radical (unpaired) electrons. The Bertz CT molecular complexity index is 820. The summed E-state index contributed by atoms with van der Waals surface area (Å²) in [6, 6.07) is 5.14. The van der Waals surface area contributed by atoms with E-state index >= 15 is 0 Å². The molecule has 112 valence electrons. The summed E-state index contributed by atoms with van der Waals surface area (Å²) in [7, 11) is -3.77. The van der Waals surface area contributed by atoms with Crippen molar-refractivity contribution in [2.24, 2.45) is 0 Å². The van der Waals surface area contributed by atoms with Gasteiger partial charge in [0.2, 0.25) is 0 Å². The molecule has 0 saturated heterocycles. The molecule has 2 aromatic rings. The molecule has 0 aliphatic carbocycles. The molecule has 0 spiro atoms. The van der Waals surface area contributed by atoms with E-state index in [0.29, 0.717) is 8.66 Å². The third-order valence-corrected chi connectivity index (χ3v) is 6.02. The van der Waals surface area contributed by atoms with Crippen LogP contribution in [0.25, 0.3) is 0 Å². The van der Waals surface area contributed by atoms with Crippen molar-refractivity contribution in [1.29, 1.82) is 0 Å². The van der Waals surface area contributed by atoms with Crippen LogP contribution in [0.5, 0.6) is 0 Å². The van der Waals surface area contributed by atoms with Crippen molar-refractivity contribution in [3.05, 3.63) is 48.1 Å². The van der Waals surface area contributed by atoms with Gasteiger partial charge in [0.05, 0.1) is 14.4 Å². The Morgan fingerprint density at radius 3 is 2.52 bits per heavy atom. The standard InChI is InChI=1S/C11H8BrClN2O4S2/c1-6-10(5-11(12)20-6)21(18,19)14-7-2-3-9(15(16)17)8(13)4-7/h2-5,14H,1H3. The van der Waals surface area contributed by atoms with Crippen molar-refractivity contribution >= 4 is 60.3 Å². The number of nitro groups is 1. The number of nitro benzene ring substituents is 1. The Kier molecular flexibility index (Phi) is 4.57. The lowest BCUT2D eigenvalue weighted by atomic mass is 10.3. The summed E-state index contributed by atoms with van der Waals surface area (Å²) < 4.78 is 27.6. The molecule has 1 N–H and O–H groups in total. The number of aryl methyl sites for hydroxylation is 1. The van der Waals surface area contributed by atoms with Crippen LogP contribution in [-0.2, 0) is 10.0 Å². The second kappa shape index (κ2) is 5.91. The van der Waals surface area contributed by atoms with Crippen molar-refractivity contribution in [2.45, 2.75) is 11.8 Å². The van der Waals surface area contributed by atoms with Crippen molar-refractivity contribution in [3.8, 4) is 0 Å². The highest BCUT2D eigenvalue weighted by Gasteiger charge is 2.21. The zero-order chi connectivity index (χ0) is 15.8. The van der Waals surface area contributed by atoms with Crippen LogP contribution in [-0.4, -0.2) is 13.3 Å². The second-order valence-electron chi connectivity index (χ2n) is 4.00. The fourth-order valence-corrected chi connectivity index (χ4v) is 5.34. The van der Waals surface area contributed by atoms with E-state index in [2.05, 4.69) is 20.7 Å². The zero-order valence-electron chi connectivity index (χ0n) is 10.5. The van der Waals surface area contributed by atoms with Crippen LogP contribution in [0.2, 0.25) is 5.02 Å². The van der Waals surface area contributed by atoms with Gasteiger partial charge < -0.3 is 0 Å². The molecule has 21 heavy (non-hydrogen) atoms. The van der Waals surface area contributed by atoms with Gasteiger partial charge in [0.15, 0.2) is 0 Å².